The number of fused-ring (bicyclic) bond motifs is 3. The van der Waals surface area contributed by atoms with Crippen LogP contribution in [0, 0.1) is 6.57 Å². The summed E-state index contributed by atoms with van der Waals surface area (Å²) in [5, 5.41) is 0.922. The third kappa shape index (κ3) is 6.27. The van der Waals surface area contributed by atoms with Crippen LogP contribution in [0.5, 0.6) is 0 Å². The smallest absolute Gasteiger partial charge is 0.343 e. The molecule has 0 radical (unpaired) electrons. The second-order valence-electron chi connectivity index (χ2n) is 15.7. The molecule has 2 aromatic heterocycles. The second kappa shape index (κ2) is 12.9. The fourth-order valence-corrected chi connectivity index (χ4v) is 7.68. The number of para-hydroxylation sites is 2. The maximum atomic E-state index is 13.7. The highest BCUT2D eigenvalue weighted by Gasteiger charge is 2.42. The summed E-state index contributed by atoms with van der Waals surface area (Å²) >= 11 is 0. The number of nitrogens with one attached hydrogen (secondary N) is 1. The minimum absolute atomic E-state index is 0.00289. The van der Waals surface area contributed by atoms with E-state index in [1.165, 1.54) is 11.3 Å². The van der Waals surface area contributed by atoms with E-state index >= 15 is 0 Å². The summed E-state index contributed by atoms with van der Waals surface area (Å²) in [4.78, 5) is 30.1. The van der Waals surface area contributed by atoms with E-state index in [9.17, 15) is 4.79 Å². The Bertz CT molecular complexity index is 2510. The summed E-state index contributed by atoms with van der Waals surface area (Å²) in [6.07, 6.45) is 13.1. The quantitative estimate of drug-likeness (QED) is 0.140. The predicted octanol–water partition coefficient (Wildman–Crippen LogP) is 9.76. The van der Waals surface area contributed by atoms with Crippen LogP contribution in [0.2, 0.25) is 0 Å². The van der Waals surface area contributed by atoms with Crippen molar-refractivity contribution < 1.29 is 9.15 Å². The van der Waals surface area contributed by atoms with E-state index in [1.807, 2.05) is 80.9 Å². The van der Waals surface area contributed by atoms with Crippen molar-refractivity contribution in [3.8, 4) is 0 Å². The number of hydrogen-bond acceptors (Lipinski definition) is 6. The molecular formula is C45H43N5O3. The predicted molar refractivity (Wildman–Crippen MR) is 216 cm³/mol. The molecule has 0 bridgehead atoms. The Morgan fingerprint density at radius 3 is 2.32 bits per heavy atom. The summed E-state index contributed by atoms with van der Waals surface area (Å²) in [6.45, 7) is 19.3. The maximum absolute atomic E-state index is 13.7. The third-order valence-corrected chi connectivity index (χ3v) is 10.9. The molecular weight excluding hydrogens is 659 g/mol. The molecule has 0 spiro atoms. The van der Waals surface area contributed by atoms with E-state index in [4.69, 9.17) is 20.7 Å². The van der Waals surface area contributed by atoms with Crippen LogP contribution in [0.25, 0.3) is 44.7 Å². The summed E-state index contributed by atoms with van der Waals surface area (Å²) in [5.41, 5.74) is 9.01. The molecule has 5 aromatic rings. The molecule has 1 N–H and O–H groups in total. The average molecular weight is 702 g/mol. The molecule has 0 atom stereocenters. The molecule has 3 aromatic carbocycles. The molecule has 0 unspecified atom stereocenters. The normalized spacial score (nSPS) is 18.5. The minimum Gasteiger partial charge on any atom is -0.457 e. The van der Waals surface area contributed by atoms with Gasteiger partial charge in [-0.3, -0.25) is 0 Å². The van der Waals surface area contributed by atoms with Gasteiger partial charge in [0.25, 0.3) is 0 Å². The molecule has 8 nitrogen and oxygen atoms in total. The van der Waals surface area contributed by atoms with Gasteiger partial charge in [0.2, 0.25) is 5.70 Å². The molecule has 5 heterocycles. The van der Waals surface area contributed by atoms with Crippen molar-refractivity contribution in [1.82, 2.24) is 9.97 Å². The maximum Gasteiger partial charge on any atom is 0.343 e. The van der Waals surface area contributed by atoms with Crippen molar-refractivity contribution in [2.24, 2.45) is 0 Å². The van der Waals surface area contributed by atoms with E-state index in [1.54, 1.807) is 12.2 Å². The standard InChI is InChI=1S/C45H43N5O3/c1-44(2)20-22-50-23-21-45(3,4)38-40(50)35(44)27-31-24-29(43(51)53-41(31)38)15-19-34-26-30(39(46-5)42-47-36-10-8-9-11-37(36)48-42)25-33(52-34)18-14-28-12-16-32(17-13-28)49(6)7/h8-19,24-27H,20-23H2,1-4,6-7H3,(H,47,48)/b18-14+,19-15+,39-30+. The molecule has 8 heteroatoms. The van der Waals surface area contributed by atoms with Crippen LogP contribution in [0.3, 0.4) is 0 Å². The first-order valence-corrected chi connectivity index (χ1v) is 18.1. The number of nitrogens with zero attached hydrogens (tertiary/aromatic N) is 4. The lowest BCUT2D eigenvalue weighted by Gasteiger charge is -2.48. The first kappa shape index (κ1) is 34.0. The number of benzene rings is 3. The monoisotopic (exact) mass is 701 g/mol. The van der Waals surface area contributed by atoms with Gasteiger partial charge in [0.05, 0.1) is 23.2 Å². The van der Waals surface area contributed by atoms with Crippen molar-refractivity contribution in [2.75, 3.05) is 37.0 Å². The highest BCUT2D eigenvalue weighted by atomic mass is 16.5. The molecule has 0 fully saturated rings. The molecule has 8 rings (SSSR count). The van der Waals surface area contributed by atoms with Gasteiger partial charge in [0, 0.05) is 49.5 Å². The Labute approximate surface area is 309 Å². The van der Waals surface area contributed by atoms with Crippen LogP contribution >= 0.6 is 0 Å². The minimum atomic E-state index is -0.402. The van der Waals surface area contributed by atoms with E-state index in [2.05, 4.69) is 65.5 Å². The van der Waals surface area contributed by atoms with Crippen molar-refractivity contribution >= 4 is 51.2 Å². The number of H-pyrrole nitrogens is 1. The van der Waals surface area contributed by atoms with Crippen molar-refractivity contribution in [3.63, 3.8) is 0 Å². The van der Waals surface area contributed by atoms with Crippen LogP contribution in [0.15, 0.2) is 111 Å². The van der Waals surface area contributed by atoms with Gasteiger partial charge in [-0.2, -0.15) is 0 Å². The first-order chi connectivity index (χ1) is 25.4. The molecule has 0 saturated heterocycles. The van der Waals surface area contributed by atoms with Gasteiger partial charge >= 0.3 is 5.63 Å². The SMILES string of the molecule is [C-]#[N+]/C(=C1C=C(/C=C/c2ccc(N(C)C)cc2)OC(/C=C/c2cc3cc4c5c(c3oc2=O)C(C)(C)CCN5CCC4(C)C)=C\1)c1nc2ccccc2[nH]1. The van der Waals surface area contributed by atoms with E-state index < -0.39 is 5.63 Å². The van der Waals surface area contributed by atoms with Crippen LogP contribution in [0.1, 0.15) is 68.6 Å². The highest BCUT2D eigenvalue weighted by Crippen LogP contribution is 2.51. The summed E-state index contributed by atoms with van der Waals surface area (Å²) in [5.74, 6) is 1.49. The van der Waals surface area contributed by atoms with Gasteiger partial charge in [-0.1, -0.05) is 58.0 Å². The van der Waals surface area contributed by atoms with Gasteiger partial charge in [0.1, 0.15) is 22.9 Å². The van der Waals surface area contributed by atoms with Gasteiger partial charge in [-0.15, -0.1) is 0 Å². The Morgan fingerprint density at radius 2 is 1.62 bits per heavy atom. The van der Waals surface area contributed by atoms with Crippen LogP contribution in [-0.2, 0) is 15.6 Å². The molecule has 0 aliphatic carbocycles. The Morgan fingerprint density at radius 1 is 0.925 bits per heavy atom. The van der Waals surface area contributed by atoms with Crippen LogP contribution in [0.4, 0.5) is 11.4 Å². The summed E-state index contributed by atoms with van der Waals surface area (Å²) in [7, 11) is 4.02. The van der Waals surface area contributed by atoms with E-state index in [0.717, 1.165) is 59.2 Å². The first-order valence-electron chi connectivity index (χ1n) is 18.1. The van der Waals surface area contributed by atoms with Gasteiger partial charge in [-0.05, 0) is 107 Å². The average Bonchev–Trinajstić information content (AvgIpc) is 3.56. The number of aromatic amines is 1. The van der Waals surface area contributed by atoms with Crippen LogP contribution < -0.4 is 15.4 Å². The third-order valence-electron chi connectivity index (χ3n) is 10.9. The van der Waals surface area contributed by atoms with Gasteiger partial charge in [0.15, 0.2) is 0 Å². The largest absolute Gasteiger partial charge is 0.457 e. The number of hydrogen-bond donors (Lipinski definition) is 1. The van der Waals surface area contributed by atoms with E-state index in [0.29, 0.717) is 39.8 Å². The number of anilines is 2. The second-order valence-corrected chi connectivity index (χ2v) is 15.7. The van der Waals surface area contributed by atoms with E-state index in [-0.39, 0.29) is 10.8 Å². The Hall–Kier alpha value is -6.07. The number of ether oxygens (including phenoxy) is 1. The fourth-order valence-electron chi connectivity index (χ4n) is 7.68. The molecule has 53 heavy (non-hydrogen) atoms. The van der Waals surface area contributed by atoms with Gasteiger partial charge in [-0.25, -0.2) is 14.6 Å². The highest BCUT2D eigenvalue weighted by molar-refractivity contribution is 5.91. The van der Waals surface area contributed by atoms with Crippen molar-refractivity contribution in [1.29, 1.82) is 0 Å². The zero-order chi connectivity index (χ0) is 37.1. The molecule has 0 saturated carbocycles. The zero-order valence-electron chi connectivity index (χ0n) is 31.1. The molecule has 3 aliphatic rings. The van der Waals surface area contributed by atoms with Crippen molar-refractivity contribution in [2.45, 2.75) is 51.4 Å². The summed E-state index contributed by atoms with van der Waals surface area (Å²) in [6, 6.07) is 20.1. The molecule has 266 valence electrons. The van der Waals surface area contributed by atoms with Crippen molar-refractivity contribution in [3.05, 3.63) is 152 Å². The fraction of sp³-hybridized carbons (Fsp3) is 0.267. The summed E-state index contributed by atoms with van der Waals surface area (Å²) < 4.78 is 12.6. The molecule has 3 aliphatic heterocycles. The van der Waals surface area contributed by atoms with Crippen LogP contribution in [-0.4, -0.2) is 37.2 Å². The number of imidazole rings is 1. The zero-order valence-corrected chi connectivity index (χ0v) is 31.1. The Balaban J connectivity index is 1.20. The van der Waals surface area contributed by atoms with Gasteiger partial charge < -0.3 is 23.9 Å². The number of aromatic nitrogens is 2. The Kier molecular flexibility index (Phi) is 8.26. The lowest BCUT2D eigenvalue weighted by Crippen LogP contribution is -2.44. The lowest BCUT2D eigenvalue weighted by atomic mass is 9.69. The topological polar surface area (TPSA) is 79.0 Å². The lowest BCUT2D eigenvalue weighted by molar-refractivity contribution is 0.332. The number of allylic oxidation sites excluding steroid dienone is 5. The molecule has 0 amide bonds. The number of rotatable bonds is 6.